The molecule has 0 saturated carbocycles. The molecule has 1 aromatic heterocycles. The lowest BCUT2D eigenvalue weighted by Crippen LogP contribution is -2.05. The van der Waals surface area contributed by atoms with E-state index in [1.165, 1.54) is 14.2 Å². The van der Waals surface area contributed by atoms with Crippen molar-refractivity contribution in [2.75, 3.05) is 14.2 Å². The Morgan fingerprint density at radius 3 is 2.61 bits per heavy atom. The number of carbonyl (C=O) groups excluding carboxylic acids is 1. The van der Waals surface area contributed by atoms with Crippen molar-refractivity contribution in [2.45, 2.75) is 6.61 Å². The number of methoxy groups -OCH3 is 2. The standard InChI is InChI=1S/C13H13NO4/c1-16-8-10-11(13(15)17-2)14-12(18-10)9-6-4-3-5-7-9/h3-7H,8H2,1-2H3. The van der Waals surface area contributed by atoms with Gasteiger partial charge in [-0.1, -0.05) is 18.2 Å². The summed E-state index contributed by atoms with van der Waals surface area (Å²) in [5.74, 6) is 0.208. The first-order valence-electron chi connectivity index (χ1n) is 5.38. The van der Waals surface area contributed by atoms with E-state index in [-0.39, 0.29) is 12.3 Å². The molecule has 0 fully saturated rings. The largest absolute Gasteiger partial charge is 0.464 e. The number of nitrogens with zero attached hydrogens (tertiary/aromatic N) is 1. The molecule has 1 heterocycles. The summed E-state index contributed by atoms with van der Waals surface area (Å²) in [7, 11) is 2.82. The van der Waals surface area contributed by atoms with E-state index in [1.54, 1.807) is 0 Å². The third-order valence-corrected chi connectivity index (χ3v) is 2.37. The molecule has 0 bridgehead atoms. The Balaban J connectivity index is 2.42. The molecule has 5 heteroatoms. The van der Waals surface area contributed by atoms with E-state index >= 15 is 0 Å². The molecular formula is C13H13NO4. The number of rotatable bonds is 4. The van der Waals surface area contributed by atoms with Crippen molar-refractivity contribution in [3.63, 3.8) is 0 Å². The van der Waals surface area contributed by atoms with E-state index in [9.17, 15) is 4.79 Å². The zero-order chi connectivity index (χ0) is 13.0. The molecular weight excluding hydrogens is 234 g/mol. The summed E-state index contributed by atoms with van der Waals surface area (Å²) in [5.41, 5.74) is 0.947. The zero-order valence-electron chi connectivity index (χ0n) is 10.2. The van der Waals surface area contributed by atoms with E-state index in [1.807, 2.05) is 30.3 Å². The number of ether oxygens (including phenoxy) is 2. The minimum Gasteiger partial charge on any atom is -0.464 e. The number of benzene rings is 1. The van der Waals surface area contributed by atoms with Crippen LogP contribution in [0.5, 0.6) is 0 Å². The summed E-state index contributed by atoms with van der Waals surface area (Å²) >= 11 is 0. The quantitative estimate of drug-likeness (QED) is 0.775. The van der Waals surface area contributed by atoms with E-state index in [4.69, 9.17) is 9.15 Å². The molecule has 0 aliphatic heterocycles. The molecule has 0 spiro atoms. The van der Waals surface area contributed by atoms with Gasteiger partial charge in [0.1, 0.15) is 6.61 Å². The first-order valence-corrected chi connectivity index (χ1v) is 5.38. The number of aromatic nitrogens is 1. The van der Waals surface area contributed by atoms with E-state index in [0.717, 1.165) is 5.56 Å². The number of esters is 1. The first-order chi connectivity index (χ1) is 8.76. The second kappa shape index (κ2) is 5.46. The molecule has 0 N–H and O–H groups in total. The average molecular weight is 247 g/mol. The first kappa shape index (κ1) is 12.3. The number of hydrogen-bond acceptors (Lipinski definition) is 5. The molecule has 1 aromatic carbocycles. The molecule has 0 aliphatic carbocycles. The normalized spacial score (nSPS) is 10.3. The van der Waals surface area contributed by atoms with Gasteiger partial charge in [-0.05, 0) is 12.1 Å². The minimum absolute atomic E-state index is 0.151. The van der Waals surface area contributed by atoms with Gasteiger partial charge >= 0.3 is 5.97 Å². The molecule has 0 aliphatic rings. The van der Waals surface area contributed by atoms with E-state index < -0.39 is 5.97 Å². The lowest BCUT2D eigenvalue weighted by molar-refractivity contribution is 0.0586. The number of oxazole rings is 1. The van der Waals surface area contributed by atoms with Crippen molar-refractivity contribution in [3.05, 3.63) is 41.8 Å². The molecule has 2 rings (SSSR count). The molecule has 18 heavy (non-hydrogen) atoms. The van der Waals surface area contributed by atoms with Crippen molar-refractivity contribution in [1.82, 2.24) is 4.98 Å². The summed E-state index contributed by atoms with van der Waals surface area (Å²) in [6, 6.07) is 9.33. The van der Waals surface area contributed by atoms with Crippen molar-refractivity contribution in [1.29, 1.82) is 0 Å². The van der Waals surface area contributed by atoms with Crippen LogP contribution in [-0.4, -0.2) is 25.2 Å². The van der Waals surface area contributed by atoms with Crippen LogP contribution in [0, 0.1) is 0 Å². The number of hydrogen-bond donors (Lipinski definition) is 0. The summed E-state index contributed by atoms with van der Waals surface area (Å²) in [6.45, 7) is 0.171. The summed E-state index contributed by atoms with van der Waals surface area (Å²) in [6.07, 6.45) is 0. The van der Waals surface area contributed by atoms with Gasteiger partial charge in [-0.25, -0.2) is 9.78 Å². The Labute approximate surface area is 104 Å². The topological polar surface area (TPSA) is 61.6 Å². The Hall–Kier alpha value is -2.14. The third-order valence-electron chi connectivity index (χ3n) is 2.37. The molecule has 94 valence electrons. The molecule has 5 nitrogen and oxygen atoms in total. The maximum absolute atomic E-state index is 11.6. The second-order valence-corrected chi connectivity index (χ2v) is 3.58. The maximum Gasteiger partial charge on any atom is 0.360 e. The van der Waals surface area contributed by atoms with Crippen molar-refractivity contribution in [3.8, 4) is 11.5 Å². The second-order valence-electron chi connectivity index (χ2n) is 3.58. The van der Waals surface area contributed by atoms with Gasteiger partial charge in [0.25, 0.3) is 0 Å². The van der Waals surface area contributed by atoms with Crippen LogP contribution in [0.1, 0.15) is 16.2 Å². The Morgan fingerprint density at radius 1 is 1.28 bits per heavy atom. The van der Waals surface area contributed by atoms with Crippen LogP contribution in [0.3, 0.4) is 0 Å². The van der Waals surface area contributed by atoms with Crippen LogP contribution in [0.4, 0.5) is 0 Å². The van der Waals surface area contributed by atoms with Gasteiger partial charge in [0.15, 0.2) is 11.5 Å². The van der Waals surface area contributed by atoms with Crippen LogP contribution < -0.4 is 0 Å². The predicted octanol–water partition coefficient (Wildman–Crippen LogP) is 2.27. The number of carbonyl (C=O) groups is 1. The van der Waals surface area contributed by atoms with E-state index in [2.05, 4.69) is 9.72 Å². The molecule has 0 amide bonds. The molecule has 2 aromatic rings. The highest BCUT2D eigenvalue weighted by Crippen LogP contribution is 2.22. The van der Waals surface area contributed by atoms with Gasteiger partial charge in [0.2, 0.25) is 5.89 Å². The Morgan fingerprint density at radius 2 is 2.00 bits per heavy atom. The lowest BCUT2D eigenvalue weighted by Gasteiger charge is -1.96. The highest BCUT2D eigenvalue weighted by Gasteiger charge is 2.21. The van der Waals surface area contributed by atoms with Gasteiger partial charge in [-0.15, -0.1) is 0 Å². The van der Waals surface area contributed by atoms with Gasteiger partial charge in [-0.3, -0.25) is 0 Å². The van der Waals surface area contributed by atoms with E-state index in [0.29, 0.717) is 11.7 Å². The van der Waals surface area contributed by atoms with Gasteiger partial charge in [0.05, 0.1) is 7.11 Å². The molecule has 0 atom stereocenters. The van der Waals surface area contributed by atoms with Crippen molar-refractivity contribution < 1.29 is 18.7 Å². The monoisotopic (exact) mass is 247 g/mol. The highest BCUT2D eigenvalue weighted by atomic mass is 16.5. The third kappa shape index (κ3) is 2.41. The molecule has 0 radical (unpaired) electrons. The van der Waals surface area contributed by atoms with Crippen LogP contribution in [0.25, 0.3) is 11.5 Å². The molecule has 0 saturated heterocycles. The van der Waals surface area contributed by atoms with Crippen LogP contribution in [0.2, 0.25) is 0 Å². The lowest BCUT2D eigenvalue weighted by atomic mass is 10.2. The minimum atomic E-state index is -0.534. The Kier molecular flexibility index (Phi) is 3.74. The van der Waals surface area contributed by atoms with Gasteiger partial charge in [0, 0.05) is 12.7 Å². The summed E-state index contributed by atoms with van der Waals surface area (Å²) < 4.78 is 15.2. The average Bonchev–Trinajstić information content (AvgIpc) is 2.83. The van der Waals surface area contributed by atoms with Crippen LogP contribution in [0.15, 0.2) is 34.7 Å². The summed E-state index contributed by atoms with van der Waals surface area (Å²) in [5, 5.41) is 0. The van der Waals surface area contributed by atoms with Crippen molar-refractivity contribution >= 4 is 5.97 Å². The van der Waals surface area contributed by atoms with Crippen LogP contribution >= 0.6 is 0 Å². The SMILES string of the molecule is COCc1oc(-c2ccccc2)nc1C(=O)OC. The fourth-order valence-corrected chi connectivity index (χ4v) is 1.54. The zero-order valence-corrected chi connectivity index (χ0v) is 10.2. The fourth-order valence-electron chi connectivity index (χ4n) is 1.54. The summed E-state index contributed by atoms with van der Waals surface area (Å²) in [4.78, 5) is 15.7. The fraction of sp³-hybridized carbons (Fsp3) is 0.231. The maximum atomic E-state index is 11.6. The predicted molar refractivity (Wildman–Crippen MR) is 64.0 cm³/mol. The smallest absolute Gasteiger partial charge is 0.360 e. The van der Waals surface area contributed by atoms with Crippen LogP contribution in [-0.2, 0) is 16.1 Å². The highest BCUT2D eigenvalue weighted by molar-refractivity contribution is 5.88. The van der Waals surface area contributed by atoms with Gasteiger partial charge in [-0.2, -0.15) is 0 Å². The molecule has 0 unspecified atom stereocenters. The van der Waals surface area contributed by atoms with Crippen molar-refractivity contribution in [2.24, 2.45) is 0 Å². The Bertz CT molecular complexity index is 533. The van der Waals surface area contributed by atoms with Gasteiger partial charge < -0.3 is 13.9 Å².